The maximum Gasteiger partial charge on any atom is 0.340 e. The summed E-state index contributed by atoms with van der Waals surface area (Å²) in [6.07, 6.45) is 1.90. The Balaban J connectivity index is 1.57. The maximum absolute atomic E-state index is 14.4. The fourth-order valence-electron chi connectivity index (χ4n) is 3.83. The molecule has 0 radical (unpaired) electrons. The number of rotatable bonds is 7. The van der Waals surface area contributed by atoms with Crippen molar-refractivity contribution in [1.29, 1.82) is 0 Å². The van der Waals surface area contributed by atoms with Crippen LogP contribution < -0.4 is 4.74 Å². The highest BCUT2D eigenvalue weighted by molar-refractivity contribution is 5.90. The molecule has 0 spiro atoms. The van der Waals surface area contributed by atoms with E-state index in [0.717, 1.165) is 33.0 Å². The minimum Gasteiger partial charge on any atom is -0.493 e. The SMILES string of the molecule is COC(=O)c1ccc(-c2ccc(OCC3CCN(CC(C)(C)F)CC3)cc2)c(F)c1F. The van der Waals surface area contributed by atoms with E-state index >= 15 is 0 Å². The third-order valence-corrected chi connectivity index (χ3v) is 5.45. The summed E-state index contributed by atoms with van der Waals surface area (Å²) in [5.74, 6) is -2.21. The van der Waals surface area contributed by atoms with Crippen LogP contribution in [0.25, 0.3) is 11.1 Å². The molecule has 1 aliphatic rings. The van der Waals surface area contributed by atoms with E-state index in [1.807, 2.05) is 0 Å². The van der Waals surface area contributed by atoms with Gasteiger partial charge in [-0.1, -0.05) is 18.2 Å². The number of carbonyl (C=O) groups excluding carboxylic acids is 1. The minimum atomic E-state index is -1.23. The van der Waals surface area contributed by atoms with Gasteiger partial charge in [-0.15, -0.1) is 0 Å². The van der Waals surface area contributed by atoms with Gasteiger partial charge in [-0.2, -0.15) is 0 Å². The second kappa shape index (κ2) is 9.73. The molecular weight excluding hydrogens is 407 g/mol. The third-order valence-electron chi connectivity index (χ3n) is 5.45. The molecule has 0 saturated carbocycles. The van der Waals surface area contributed by atoms with Crippen LogP contribution in [-0.4, -0.2) is 49.9 Å². The van der Waals surface area contributed by atoms with E-state index in [2.05, 4.69) is 9.64 Å². The molecule has 0 amide bonds. The van der Waals surface area contributed by atoms with Gasteiger partial charge in [0.1, 0.15) is 11.4 Å². The van der Waals surface area contributed by atoms with Gasteiger partial charge in [-0.3, -0.25) is 0 Å². The molecule has 2 aromatic carbocycles. The van der Waals surface area contributed by atoms with E-state index in [1.165, 1.54) is 12.1 Å². The van der Waals surface area contributed by atoms with Gasteiger partial charge in [0.15, 0.2) is 11.6 Å². The second-order valence-corrected chi connectivity index (χ2v) is 8.55. The van der Waals surface area contributed by atoms with Crippen LogP contribution in [0.5, 0.6) is 5.75 Å². The van der Waals surface area contributed by atoms with Gasteiger partial charge in [-0.05, 0) is 69.5 Å². The summed E-state index contributed by atoms with van der Waals surface area (Å²) in [5, 5.41) is 0. The molecule has 0 aliphatic carbocycles. The van der Waals surface area contributed by atoms with E-state index in [9.17, 15) is 18.0 Å². The molecule has 3 rings (SSSR count). The summed E-state index contributed by atoms with van der Waals surface area (Å²) in [4.78, 5) is 13.6. The summed E-state index contributed by atoms with van der Waals surface area (Å²) in [5.41, 5.74) is -1.10. The van der Waals surface area contributed by atoms with Crippen molar-refractivity contribution < 1.29 is 27.4 Å². The lowest BCUT2D eigenvalue weighted by atomic mass is 9.97. The van der Waals surface area contributed by atoms with Crippen molar-refractivity contribution in [3.63, 3.8) is 0 Å². The number of halogens is 3. The number of nitrogens with zero attached hydrogens (tertiary/aromatic N) is 1. The van der Waals surface area contributed by atoms with Crippen molar-refractivity contribution in [3.05, 3.63) is 53.6 Å². The number of alkyl halides is 1. The van der Waals surface area contributed by atoms with Gasteiger partial charge in [0, 0.05) is 12.1 Å². The van der Waals surface area contributed by atoms with Gasteiger partial charge in [0.2, 0.25) is 0 Å². The predicted molar refractivity (Wildman–Crippen MR) is 113 cm³/mol. The lowest BCUT2D eigenvalue weighted by molar-refractivity contribution is 0.0594. The van der Waals surface area contributed by atoms with Gasteiger partial charge in [0.05, 0.1) is 19.3 Å². The zero-order chi connectivity index (χ0) is 22.6. The number of likely N-dealkylation sites (tertiary alicyclic amines) is 1. The Bertz CT molecular complexity index is 902. The highest BCUT2D eigenvalue weighted by atomic mass is 19.2. The zero-order valence-corrected chi connectivity index (χ0v) is 18.1. The lowest BCUT2D eigenvalue weighted by Gasteiger charge is -2.34. The topological polar surface area (TPSA) is 38.8 Å². The van der Waals surface area contributed by atoms with Crippen LogP contribution in [0, 0.1) is 17.6 Å². The Morgan fingerprint density at radius 1 is 1.06 bits per heavy atom. The average molecular weight is 435 g/mol. The number of hydrogen-bond acceptors (Lipinski definition) is 4. The highest BCUT2D eigenvalue weighted by Crippen LogP contribution is 2.29. The quantitative estimate of drug-likeness (QED) is 0.557. The number of benzene rings is 2. The average Bonchev–Trinajstić information content (AvgIpc) is 2.74. The Labute approximate surface area is 181 Å². The van der Waals surface area contributed by atoms with E-state index in [4.69, 9.17) is 4.74 Å². The first-order valence-corrected chi connectivity index (χ1v) is 10.4. The van der Waals surface area contributed by atoms with Crippen molar-refractivity contribution in [2.45, 2.75) is 32.4 Å². The molecule has 4 nitrogen and oxygen atoms in total. The zero-order valence-electron chi connectivity index (χ0n) is 18.1. The number of ether oxygens (including phenoxy) is 2. The first kappa shape index (κ1) is 23.1. The van der Waals surface area contributed by atoms with Crippen LogP contribution in [0.15, 0.2) is 36.4 Å². The van der Waals surface area contributed by atoms with Crippen LogP contribution in [0.2, 0.25) is 0 Å². The number of esters is 1. The summed E-state index contributed by atoms with van der Waals surface area (Å²) in [6, 6.07) is 9.28. The molecule has 1 saturated heterocycles. The van der Waals surface area contributed by atoms with Crippen molar-refractivity contribution in [2.24, 2.45) is 5.92 Å². The van der Waals surface area contributed by atoms with Crippen molar-refractivity contribution in [2.75, 3.05) is 33.4 Å². The molecule has 2 aromatic rings. The van der Waals surface area contributed by atoms with Crippen LogP contribution >= 0.6 is 0 Å². The van der Waals surface area contributed by atoms with Gasteiger partial charge >= 0.3 is 5.97 Å². The van der Waals surface area contributed by atoms with Crippen LogP contribution in [0.1, 0.15) is 37.0 Å². The Morgan fingerprint density at radius 2 is 1.71 bits per heavy atom. The van der Waals surface area contributed by atoms with Crippen molar-refractivity contribution in [1.82, 2.24) is 4.90 Å². The van der Waals surface area contributed by atoms with Crippen LogP contribution in [0.3, 0.4) is 0 Å². The summed E-state index contributed by atoms with van der Waals surface area (Å²) in [7, 11) is 1.11. The molecule has 0 atom stereocenters. The van der Waals surface area contributed by atoms with E-state index in [1.54, 1.807) is 38.1 Å². The molecule has 168 valence electrons. The Hall–Kier alpha value is -2.54. The Kier molecular flexibility index (Phi) is 7.26. The fraction of sp³-hybridized carbons (Fsp3) is 0.458. The molecule has 31 heavy (non-hydrogen) atoms. The molecule has 0 unspecified atom stereocenters. The highest BCUT2D eigenvalue weighted by Gasteiger charge is 2.25. The van der Waals surface area contributed by atoms with E-state index in [-0.39, 0.29) is 5.56 Å². The van der Waals surface area contributed by atoms with Crippen molar-refractivity contribution in [3.8, 4) is 16.9 Å². The predicted octanol–water partition coefficient (Wildman–Crippen LogP) is 5.26. The molecular formula is C24H28F3NO3. The fourth-order valence-corrected chi connectivity index (χ4v) is 3.83. The van der Waals surface area contributed by atoms with Crippen LogP contribution in [-0.2, 0) is 4.74 Å². The molecule has 0 bridgehead atoms. The van der Waals surface area contributed by atoms with E-state index in [0.29, 0.717) is 30.4 Å². The van der Waals surface area contributed by atoms with Crippen LogP contribution in [0.4, 0.5) is 13.2 Å². The number of piperidine rings is 1. The monoisotopic (exact) mass is 435 g/mol. The first-order chi connectivity index (χ1) is 14.7. The second-order valence-electron chi connectivity index (χ2n) is 8.55. The van der Waals surface area contributed by atoms with Gasteiger partial charge in [0.25, 0.3) is 0 Å². The van der Waals surface area contributed by atoms with E-state index < -0.39 is 28.8 Å². The molecule has 1 heterocycles. The number of carbonyl (C=O) groups is 1. The largest absolute Gasteiger partial charge is 0.493 e. The Morgan fingerprint density at radius 3 is 2.29 bits per heavy atom. The first-order valence-electron chi connectivity index (χ1n) is 10.4. The molecule has 0 N–H and O–H groups in total. The maximum atomic E-state index is 14.4. The smallest absolute Gasteiger partial charge is 0.340 e. The lowest BCUT2D eigenvalue weighted by Crippen LogP contribution is -2.41. The molecule has 1 aliphatic heterocycles. The normalized spacial score (nSPS) is 15.7. The van der Waals surface area contributed by atoms with Gasteiger partial charge < -0.3 is 14.4 Å². The number of hydrogen-bond donors (Lipinski definition) is 0. The number of methoxy groups -OCH3 is 1. The third kappa shape index (κ3) is 6.00. The summed E-state index contributed by atoms with van der Waals surface area (Å²) in [6.45, 7) is 5.90. The minimum absolute atomic E-state index is 0.0554. The summed E-state index contributed by atoms with van der Waals surface area (Å²) < 4.78 is 52.7. The molecule has 7 heteroatoms. The summed E-state index contributed by atoms with van der Waals surface area (Å²) >= 11 is 0. The molecule has 0 aromatic heterocycles. The standard InChI is InChI=1S/C24H28F3NO3/c1-24(2,27)15-28-12-10-16(11-13-28)14-31-18-6-4-17(5-7-18)19-8-9-20(23(29)30-3)22(26)21(19)25/h4-9,16H,10-15H2,1-3H3. The van der Waals surface area contributed by atoms with Crippen molar-refractivity contribution >= 4 is 5.97 Å². The van der Waals surface area contributed by atoms with Gasteiger partial charge in [-0.25, -0.2) is 18.0 Å². The molecule has 1 fully saturated rings.